The van der Waals surface area contributed by atoms with Crippen molar-refractivity contribution in [3.63, 3.8) is 0 Å². The summed E-state index contributed by atoms with van der Waals surface area (Å²) in [7, 11) is 1.65. The maximum atomic E-state index is 5.99. The highest BCUT2D eigenvalue weighted by Crippen LogP contribution is 2.25. The fraction of sp³-hybridized carbons (Fsp3) is 0.250. The Balaban J connectivity index is 2.38. The van der Waals surface area contributed by atoms with Gasteiger partial charge >= 0.3 is 0 Å². The number of rotatable bonds is 3. The van der Waals surface area contributed by atoms with E-state index in [1.54, 1.807) is 13.4 Å². The number of methoxy groups -OCH3 is 1. The molecule has 0 unspecified atom stereocenters. The van der Waals surface area contributed by atoms with Crippen LogP contribution in [-0.2, 0) is 6.54 Å². The van der Waals surface area contributed by atoms with Crippen LogP contribution >= 0.6 is 0 Å². The minimum Gasteiger partial charge on any atom is -0.497 e. The third-order valence-corrected chi connectivity index (χ3v) is 2.58. The van der Waals surface area contributed by atoms with Crippen LogP contribution in [0.5, 0.6) is 5.75 Å². The molecular formula is C12H15N3O. The summed E-state index contributed by atoms with van der Waals surface area (Å²) in [4.78, 5) is 4.31. The first-order chi connectivity index (χ1) is 7.76. The van der Waals surface area contributed by atoms with Gasteiger partial charge in [0.2, 0.25) is 0 Å². The molecule has 16 heavy (non-hydrogen) atoms. The Morgan fingerprint density at radius 3 is 2.50 bits per heavy atom. The highest BCUT2D eigenvalue weighted by molar-refractivity contribution is 5.70. The fourth-order valence-electron chi connectivity index (χ4n) is 1.62. The summed E-state index contributed by atoms with van der Waals surface area (Å²) in [5.41, 5.74) is 7.81. The van der Waals surface area contributed by atoms with E-state index in [2.05, 4.69) is 4.98 Å². The summed E-state index contributed by atoms with van der Waals surface area (Å²) in [6.45, 7) is 2.87. The van der Waals surface area contributed by atoms with Crippen LogP contribution in [0.25, 0.3) is 11.3 Å². The van der Waals surface area contributed by atoms with Gasteiger partial charge in [-0.05, 0) is 31.2 Å². The van der Waals surface area contributed by atoms with Gasteiger partial charge in [0.05, 0.1) is 13.4 Å². The minimum atomic E-state index is 0.702. The van der Waals surface area contributed by atoms with Crippen molar-refractivity contribution in [2.45, 2.75) is 13.5 Å². The second-order valence-electron chi connectivity index (χ2n) is 3.49. The van der Waals surface area contributed by atoms with E-state index in [-0.39, 0.29) is 0 Å². The normalized spacial score (nSPS) is 10.4. The van der Waals surface area contributed by atoms with Crippen LogP contribution in [0.3, 0.4) is 0 Å². The first-order valence-corrected chi connectivity index (χ1v) is 5.21. The molecule has 0 aliphatic heterocycles. The Kier molecular flexibility index (Phi) is 2.81. The lowest BCUT2D eigenvalue weighted by Gasteiger charge is -2.03. The van der Waals surface area contributed by atoms with E-state index in [0.717, 1.165) is 23.6 Å². The van der Waals surface area contributed by atoms with Crippen LogP contribution in [0.2, 0.25) is 0 Å². The average Bonchev–Trinajstić information content (AvgIpc) is 2.70. The van der Waals surface area contributed by atoms with Gasteiger partial charge in [0, 0.05) is 12.1 Å². The number of hydrogen-bond donors (Lipinski definition) is 1. The van der Waals surface area contributed by atoms with Gasteiger partial charge in [0.1, 0.15) is 17.3 Å². The predicted molar refractivity (Wildman–Crippen MR) is 64.3 cm³/mol. The van der Waals surface area contributed by atoms with Crippen LogP contribution in [0.15, 0.2) is 30.6 Å². The fourth-order valence-corrected chi connectivity index (χ4v) is 1.62. The maximum absolute atomic E-state index is 5.99. The third kappa shape index (κ3) is 1.74. The van der Waals surface area contributed by atoms with Crippen molar-refractivity contribution in [1.29, 1.82) is 0 Å². The average molecular weight is 217 g/mol. The molecular weight excluding hydrogens is 202 g/mol. The lowest BCUT2D eigenvalue weighted by Crippen LogP contribution is -1.99. The number of ether oxygens (including phenoxy) is 1. The SMILES string of the molecule is CCn1cnc(-c2ccc(OC)cc2)c1N. The van der Waals surface area contributed by atoms with Gasteiger partial charge in [0.25, 0.3) is 0 Å². The molecule has 0 saturated carbocycles. The van der Waals surface area contributed by atoms with Crippen molar-refractivity contribution in [3.8, 4) is 17.0 Å². The molecule has 0 saturated heterocycles. The molecule has 0 atom stereocenters. The second-order valence-corrected chi connectivity index (χ2v) is 3.49. The molecule has 0 aliphatic carbocycles. The van der Waals surface area contributed by atoms with Crippen molar-refractivity contribution in [2.24, 2.45) is 0 Å². The number of hydrogen-bond acceptors (Lipinski definition) is 3. The Morgan fingerprint density at radius 2 is 2.00 bits per heavy atom. The quantitative estimate of drug-likeness (QED) is 0.857. The van der Waals surface area contributed by atoms with E-state index in [9.17, 15) is 0 Å². The Hall–Kier alpha value is -1.97. The summed E-state index contributed by atoms with van der Waals surface area (Å²) in [6, 6.07) is 7.72. The molecule has 0 spiro atoms. The van der Waals surface area contributed by atoms with Gasteiger partial charge < -0.3 is 15.0 Å². The summed E-state index contributed by atoms with van der Waals surface area (Å²) in [5, 5.41) is 0. The zero-order chi connectivity index (χ0) is 11.5. The topological polar surface area (TPSA) is 53.1 Å². The molecule has 84 valence electrons. The maximum Gasteiger partial charge on any atom is 0.131 e. The number of nitrogens with two attached hydrogens (primary N) is 1. The lowest BCUT2D eigenvalue weighted by atomic mass is 10.1. The van der Waals surface area contributed by atoms with E-state index < -0.39 is 0 Å². The Morgan fingerprint density at radius 1 is 1.31 bits per heavy atom. The lowest BCUT2D eigenvalue weighted by molar-refractivity contribution is 0.415. The summed E-state index contributed by atoms with van der Waals surface area (Å²) < 4.78 is 7.02. The number of aromatic nitrogens is 2. The first-order valence-electron chi connectivity index (χ1n) is 5.21. The molecule has 1 aromatic heterocycles. The molecule has 0 amide bonds. The zero-order valence-electron chi connectivity index (χ0n) is 9.47. The van der Waals surface area contributed by atoms with Crippen molar-refractivity contribution in [1.82, 2.24) is 9.55 Å². The molecule has 4 heteroatoms. The standard InChI is InChI=1S/C12H15N3O/c1-3-15-8-14-11(12(15)13)9-4-6-10(16-2)7-5-9/h4-8H,3,13H2,1-2H3. The van der Waals surface area contributed by atoms with Crippen molar-refractivity contribution in [2.75, 3.05) is 12.8 Å². The highest BCUT2D eigenvalue weighted by Gasteiger charge is 2.08. The first kappa shape index (κ1) is 10.5. The zero-order valence-corrected chi connectivity index (χ0v) is 9.47. The second kappa shape index (κ2) is 4.26. The number of benzene rings is 1. The largest absolute Gasteiger partial charge is 0.497 e. The molecule has 2 aromatic rings. The molecule has 2 N–H and O–H groups in total. The predicted octanol–water partition coefficient (Wildman–Crippen LogP) is 2.16. The van der Waals surface area contributed by atoms with Gasteiger partial charge in [-0.25, -0.2) is 4.98 Å². The van der Waals surface area contributed by atoms with Crippen molar-refractivity contribution in [3.05, 3.63) is 30.6 Å². The van der Waals surface area contributed by atoms with Crippen molar-refractivity contribution < 1.29 is 4.74 Å². The van der Waals surface area contributed by atoms with Gasteiger partial charge in [-0.1, -0.05) is 0 Å². The number of nitrogens with zero attached hydrogens (tertiary/aromatic N) is 2. The van der Waals surface area contributed by atoms with E-state index in [1.165, 1.54) is 0 Å². The van der Waals surface area contributed by atoms with Gasteiger partial charge in [-0.3, -0.25) is 0 Å². The van der Waals surface area contributed by atoms with Crippen LogP contribution in [0.4, 0.5) is 5.82 Å². The molecule has 2 rings (SSSR count). The molecule has 1 aromatic carbocycles. The number of aryl methyl sites for hydroxylation is 1. The molecule has 4 nitrogen and oxygen atoms in total. The van der Waals surface area contributed by atoms with Crippen LogP contribution < -0.4 is 10.5 Å². The van der Waals surface area contributed by atoms with Gasteiger partial charge in [-0.15, -0.1) is 0 Å². The Labute approximate surface area is 94.7 Å². The van der Waals surface area contributed by atoms with E-state index >= 15 is 0 Å². The summed E-state index contributed by atoms with van der Waals surface area (Å²) in [5.74, 6) is 1.53. The van der Waals surface area contributed by atoms with Crippen molar-refractivity contribution >= 4 is 5.82 Å². The summed E-state index contributed by atoms with van der Waals surface area (Å²) >= 11 is 0. The molecule has 0 aliphatic rings. The van der Waals surface area contributed by atoms with Crippen LogP contribution in [0, 0.1) is 0 Å². The molecule has 0 radical (unpaired) electrons. The van der Waals surface area contributed by atoms with E-state index in [1.807, 2.05) is 35.8 Å². The van der Waals surface area contributed by atoms with Crippen LogP contribution in [0.1, 0.15) is 6.92 Å². The van der Waals surface area contributed by atoms with Gasteiger partial charge in [-0.2, -0.15) is 0 Å². The third-order valence-electron chi connectivity index (χ3n) is 2.58. The number of anilines is 1. The summed E-state index contributed by atoms with van der Waals surface area (Å²) in [6.07, 6.45) is 1.76. The minimum absolute atomic E-state index is 0.702. The van der Waals surface area contributed by atoms with E-state index in [4.69, 9.17) is 10.5 Å². The number of nitrogen functional groups attached to an aromatic ring is 1. The monoisotopic (exact) mass is 217 g/mol. The van der Waals surface area contributed by atoms with Gasteiger partial charge in [0.15, 0.2) is 0 Å². The Bertz CT molecular complexity index is 474. The number of imidazole rings is 1. The van der Waals surface area contributed by atoms with E-state index in [0.29, 0.717) is 5.82 Å². The molecule has 1 heterocycles. The molecule has 0 bridgehead atoms. The molecule has 0 fully saturated rings. The van der Waals surface area contributed by atoms with Crippen LogP contribution in [-0.4, -0.2) is 16.7 Å². The smallest absolute Gasteiger partial charge is 0.131 e. The highest BCUT2D eigenvalue weighted by atomic mass is 16.5.